The van der Waals surface area contributed by atoms with E-state index < -0.39 is 30.6 Å². The van der Waals surface area contributed by atoms with Gasteiger partial charge in [-0.05, 0) is 27.4 Å². The highest BCUT2D eigenvalue weighted by molar-refractivity contribution is 9.18. The van der Waals surface area contributed by atoms with Gasteiger partial charge in [0.05, 0.1) is 0 Å². The van der Waals surface area contributed by atoms with Crippen molar-refractivity contribution in [3.8, 4) is 0 Å². The summed E-state index contributed by atoms with van der Waals surface area (Å²) in [6.07, 6.45) is -0.729. The van der Waals surface area contributed by atoms with E-state index in [0.29, 0.717) is 0 Å². The second kappa shape index (κ2) is 12.9. The maximum absolute atomic E-state index is 11.9. The summed E-state index contributed by atoms with van der Waals surface area (Å²) in [5.74, 6) is -1.92. The van der Waals surface area contributed by atoms with Gasteiger partial charge in [0.2, 0.25) is 5.91 Å². The van der Waals surface area contributed by atoms with Gasteiger partial charge in [0, 0.05) is 6.92 Å². The van der Waals surface area contributed by atoms with Crippen LogP contribution < -0.4 is 10.6 Å². The molecule has 0 radical (unpaired) electrons. The zero-order valence-electron chi connectivity index (χ0n) is 14.8. The molecule has 1 aromatic carbocycles. The van der Waals surface area contributed by atoms with E-state index in [-0.39, 0.29) is 17.2 Å². The Kier molecular flexibility index (Phi) is 11.7. The number of nitrogens with one attached hydrogen (secondary N) is 2. The first-order valence-corrected chi connectivity index (χ1v) is 8.55. The predicted molar refractivity (Wildman–Crippen MR) is 98.6 cm³/mol. The molecule has 9 heteroatoms. The fraction of sp³-hybridized carbons (Fsp3) is 0.412. The third-order valence-corrected chi connectivity index (χ3v) is 2.85. The van der Waals surface area contributed by atoms with Crippen LogP contribution >= 0.6 is 15.9 Å². The summed E-state index contributed by atoms with van der Waals surface area (Å²) in [5, 5.41) is 13.2. The lowest BCUT2D eigenvalue weighted by molar-refractivity contribution is -0.138. The lowest BCUT2D eigenvalue weighted by Crippen LogP contribution is -2.50. The van der Waals surface area contributed by atoms with Gasteiger partial charge in [0.15, 0.2) is 4.69 Å². The van der Waals surface area contributed by atoms with Gasteiger partial charge in [-0.3, -0.25) is 14.4 Å². The molecule has 26 heavy (non-hydrogen) atoms. The van der Waals surface area contributed by atoms with Crippen LogP contribution in [0, 0.1) is 5.92 Å². The second-order valence-electron chi connectivity index (χ2n) is 5.51. The van der Waals surface area contributed by atoms with Crippen LogP contribution in [-0.2, 0) is 25.7 Å². The van der Waals surface area contributed by atoms with E-state index in [0.717, 1.165) is 5.56 Å². The van der Waals surface area contributed by atoms with Crippen molar-refractivity contribution in [3.05, 3.63) is 35.9 Å². The van der Waals surface area contributed by atoms with Crippen LogP contribution in [0.1, 0.15) is 26.3 Å². The lowest BCUT2D eigenvalue weighted by atomic mass is 10.0. The molecule has 0 aliphatic rings. The molecule has 1 rings (SSSR count). The summed E-state index contributed by atoms with van der Waals surface area (Å²) in [6, 6.07) is 8.27. The molecule has 1 atom stereocenters. The van der Waals surface area contributed by atoms with Crippen LogP contribution in [0.15, 0.2) is 30.3 Å². The summed E-state index contributed by atoms with van der Waals surface area (Å²) in [5.41, 5.74) is 0.828. The molecular formula is C17H23BrN2O6. The number of halogens is 1. The van der Waals surface area contributed by atoms with Gasteiger partial charge in [-0.1, -0.05) is 44.2 Å². The highest BCUT2D eigenvalue weighted by Gasteiger charge is 2.25. The Morgan fingerprint density at radius 3 is 2.15 bits per heavy atom. The lowest BCUT2D eigenvalue weighted by Gasteiger charge is -2.21. The van der Waals surface area contributed by atoms with Crippen LogP contribution in [0.2, 0.25) is 0 Å². The van der Waals surface area contributed by atoms with E-state index in [2.05, 4.69) is 26.6 Å². The molecule has 0 saturated heterocycles. The van der Waals surface area contributed by atoms with Crippen LogP contribution in [0.4, 0.5) is 4.79 Å². The van der Waals surface area contributed by atoms with Crippen LogP contribution in [0.5, 0.6) is 0 Å². The largest absolute Gasteiger partial charge is 0.480 e. The van der Waals surface area contributed by atoms with Gasteiger partial charge in [-0.2, -0.15) is 0 Å². The van der Waals surface area contributed by atoms with E-state index in [1.54, 1.807) is 13.8 Å². The Morgan fingerprint density at radius 1 is 1.15 bits per heavy atom. The summed E-state index contributed by atoms with van der Waals surface area (Å²) < 4.78 is 5.02. The molecule has 0 fully saturated rings. The molecule has 0 spiro atoms. The molecule has 2 amide bonds. The van der Waals surface area contributed by atoms with Crippen molar-refractivity contribution in [1.29, 1.82) is 0 Å². The Labute approximate surface area is 160 Å². The zero-order valence-corrected chi connectivity index (χ0v) is 16.4. The quantitative estimate of drug-likeness (QED) is 0.569. The standard InChI is InChI=1S/C15H20N2O5.C2H3BrO/c1-10(2)13(14(20)16-8-12(18)19)17-15(21)22-9-11-6-4-3-5-7-11;1-2(3)4/h3-7,10,13H,8-9H2,1-2H3,(H,16,20)(H,17,21)(H,18,19);1H3/t13-;/m0./s1. The zero-order chi connectivity index (χ0) is 20.1. The minimum atomic E-state index is -1.15. The molecule has 8 nitrogen and oxygen atoms in total. The Hall–Kier alpha value is -2.42. The molecule has 0 heterocycles. The topological polar surface area (TPSA) is 122 Å². The molecule has 0 aliphatic heterocycles. The highest BCUT2D eigenvalue weighted by Crippen LogP contribution is 2.04. The van der Waals surface area contributed by atoms with E-state index in [4.69, 9.17) is 9.84 Å². The minimum Gasteiger partial charge on any atom is -0.480 e. The Balaban J connectivity index is 0.00000141. The molecule has 0 aromatic heterocycles. The van der Waals surface area contributed by atoms with Crippen molar-refractivity contribution in [3.63, 3.8) is 0 Å². The average molecular weight is 431 g/mol. The van der Waals surface area contributed by atoms with Crippen molar-refractivity contribution in [1.82, 2.24) is 10.6 Å². The molecule has 0 aliphatic carbocycles. The molecule has 1 aromatic rings. The molecule has 0 bridgehead atoms. The number of rotatable bonds is 7. The maximum Gasteiger partial charge on any atom is 0.408 e. The van der Waals surface area contributed by atoms with Crippen LogP contribution in [-0.4, -0.2) is 40.4 Å². The van der Waals surface area contributed by atoms with E-state index >= 15 is 0 Å². The van der Waals surface area contributed by atoms with Crippen molar-refractivity contribution in [2.45, 2.75) is 33.4 Å². The summed E-state index contributed by atoms with van der Waals surface area (Å²) in [7, 11) is 0. The minimum absolute atomic E-state index is 0.0208. The third-order valence-electron chi connectivity index (χ3n) is 2.85. The maximum atomic E-state index is 11.9. The second-order valence-corrected chi connectivity index (χ2v) is 6.63. The number of benzene rings is 1. The van der Waals surface area contributed by atoms with Gasteiger partial charge >= 0.3 is 12.1 Å². The van der Waals surface area contributed by atoms with Crippen molar-refractivity contribution < 1.29 is 29.0 Å². The van der Waals surface area contributed by atoms with Gasteiger partial charge in [0.1, 0.15) is 19.2 Å². The highest BCUT2D eigenvalue weighted by atomic mass is 79.9. The van der Waals surface area contributed by atoms with Gasteiger partial charge in [-0.15, -0.1) is 0 Å². The number of hydrogen-bond acceptors (Lipinski definition) is 5. The molecule has 3 N–H and O–H groups in total. The average Bonchev–Trinajstić information content (AvgIpc) is 2.55. The summed E-state index contributed by atoms with van der Waals surface area (Å²) >= 11 is 2.63. The first-order valence-electron chi connectivity index (χ1n) is 7.76. The van der Waals surface area contributed by atoms with Gasteiger partial charge in [-0.25, -0.2) is 4.79 Å². The molecule has 0 unspecified atom stereocenters. The Bertz CT molecular complexity index is 603. The monoisotopic (exact) mass is 430 g/mol. The third kappa shape index (κ3) is 12.0. The summed E-state index contributed by atoms with van der Waals surface area (Å²) in [6.45, 7) is 4.52. The number of hydrogen-bond donors (Lipinski definition) is 3. The van der Waals surface area contributed by atoms with Crippen molar-refractivity contribution in [2.75, 3.05) is 6.54 Å². The number of ether oxygens (including phenoxy) is 1. The predicted octanol–water partition coefficient (Wildman–Crippen LogP) is 2.07. The van der Waals surface area contributed by atoms with Crippen LogP contribution in [0.3, 0.4) is 0 Å². The van der Waals surface area contributed by atoms with Crippen molar-refractivity contribution >= 4 is 38.6 Å². The number of carbonyl (C=O) groups excluding carboxylic acids is 3. The molecule has 144 valence electrons. The Morgan fingerprint density at radius 2 is 1.69 bits per heavy atom. The van der Waals surface area contributed by atoms with Gasteiger partial charge in [0.25, 0.3) is 0 Å². The number of carbonyl (C=O) groups is 4. The summed E-state index contributed by atoms with van der Waals surface area (Å²) in [4.78, 5) is 43.4. The van der Waals surface area contributed by atoms with E-state index in [1.165, 1.54) is 6.92 Å². The smallest absolute Gasteiger partial charge is 0.408 e. The number of carboxylic acids is 1. The fourth-order valence-electron chi connectivity index (χ4n) is 1.70. The number of carboxylic acid groups (broad SMARTS) is 1. The SMILES string of the molecule is CC(=O)Br.CC(C)[C@H](NC(=O)OCc1ccccc1)C(=O)NCC(=O)O. The van der Waals surface area contributed by atoms with Gasteiger partial charge < -0.3 is 20.5 Å². The normalized spacial score (nSPS) is 10.8. The molecular weight excluding hydrogens is 408 g/mol. The van der Waals surface area contributed by atoms with E-state index in [9.17, 15) is 19.2 Å². The van der Waals surface area contributed by atoms with Crippen molar-refractivity contribution in [2.24, 2.45) is 5.92 Å². The first kappa shape index (κ1) is 23.6. The van der Waals surface area contributed by atoms with E-state index in [1.807, 2.05) is 30.3 Å². The number of aliphatic carboxylic acids is 1. The molecule has 0 saturated carbocycles. The number of amides is 2. The fourth-order valence-corrected chi connectivity index (χ4v) is 1.70. The number of alkyl carbamates (subject to hydrolysis) is 1. The van der Waals surface area contributed by atoms with Crippen LogP contribution in [0.25, 0.3) is 0 Å². The first-order chi connectivity index (χ1) is 12.1.